The molecule has 1 aromatic heterocycles. The summed E-state index contributed by atoms with van der Waals surface area (Å²) in [5.41, 5.74) is 7.25. The van der Waals surface area contributed by atoms with Crippen LogP contribution in [0.2, 0.25) is 0 Å². The first kappa shape index (κ1) is 24.2. The molecule has 0 saturated heterocycles. The quantitative estimate of drug-likeness (QED) is 0.539. The Morgan fingerprint density at radius 2 is 1.81 bits per heavy atom. The van der Waals surface area contributed by atoms with Crippen molar-refractivity contribution in [1.82, 2.24) is 9.55 Å². The number of carbonyl (C=O) groups is 2. The second-order valence-electron chi connectivity index (χ2n) is 7.87. The van der Waals surface area contributed by atoms with E-state index in [-0.39, 0.29) is 28.2 Å². The third kappa shape index (κ3) is 3.86. The van der Waals surface area contributed by atoms with E-state index in [2.05, 4.69) is 11.1 Å². The molecule has 0 bridgehead atoms. The molecule has 1 unspecified atom stereocenters. The zero-order valence-corrected chi connectivity index (χ0v) is 19.9. The minimum Gasteiger partial charge on any atom is -0.466 e. The van der Waals surface area contributed by atoms with Crippen LogP contribution >= 0.6 is 0 Å². The Morgan fingerprint density at radius 3 is 2.42 bits per heavy atom. The van der Waals surface area contributed by atoms with Crippen molar-refractivity contribution in [3.8, 4) is 6.07 Å². The van der Waals surface area contributed by atoms with Crippen LogP contribution < -0.4 is 16.2 Å². The zero-order valence-electron chi connectivity index (χ0n) is 19.9. The largest absolute Gasteiger partial charge is 0.466 e. The van der Waals surface area contributed by atoms with Crippen LogP contribution in [0, 0.1) is 11.3 Å². The predicted octanol–water partition coefficient (Wildman–Crippen LogP) is 2.31. The third-order valence-electron chi connectivity index (χ3n) is 6.02. The molecule has 0 spiro atoms. The number of hydrogen-bond acceptors (Lipinski definition) is 9. The van der Waals surface area contributed by atoms with E-state index in [0.29, 0.717) is 28.7 Å². The van der Waals surface area contributed by atoms with E-state index >= 15 is 0 Å². The number of benzene rings is 2. The van der Waals surface area contributed by atoms with Crippen molar-refractivity contribution in [3.63, 3.8) is 0 Å². The highest BCUT2D eigenvalue weighted by molar-refractivity contribution is 6.06. The molecule has 0 saturated carbocycles. The molecule has 0 fully saturated rings. The second kappa shape index (κ2) is 9.76. The number of aryl methyl sites for hydroxylation is 1. The predicted molar refractivity (Wildman–Crippen MR) is 131 cm³/mol. The van der Waals surface area contributed by atoms with E-state index in [1.54, 1.807) is 48.5 Å². The number of fused-ring (bicyclic) bond motifs is 1. The monoisotopic (exact) mass is 485 g/mol. The first-order valence-corrected chi connectivity index (χ1v) is 11.0. The molecule has 2 N–H and O–H groups in total. The number of aromatic nitrogens is 2. The number of carbonyl (C=O) groups excluding carboxylic acids is 2. The lowest BCUT2D eigenvalue weighted by atomic mass is 9.81. The molecule has 0 radical (unpaired) electrons. The number of rotatable bonds is 5. The molecule has 1 aliphatic heterocycles. The number of nitrogens with zero attached hydrogens (tertiary/aromatic N) is 4. The van der Waals surface area contributed by atoms with Gasteiger partial charge in [0.25, 0.3) is 5.56 Å². The highest BCUT2D eigenvalue weighted by atomic mass is 16.5. The van der Waals surface area contributed by atoms with Crippen molar-refractivity contribution in [2.75, 3.05) is 19.1 Å². The number of esters is 2. The summed E-state index contributed by atoms with van der Waals surface area (Å²) in [4.78, 5) is 44.6. The van der Waals surface area contributed by atoms with Gasteiger partial charge >= 0.3 is 11.9 Å². The van der Waals surface area contributed by atoms with Crippen molar-refractivity contribution in [1.29, 1.82) is 5.26 Å². The van der Waals surface area contributed by atoms with E-state index < -0.39 is 17.9 Å². The topological polar surface area (TPSA) is 141 Å². The maximum atomic E-state index is 13.1. The van der Waals surface area contributed by atoms with E-state index in [0.717, 1.165) is 0 Å². The van der Waals surface area contributed by atoms with Gasteiger partial charge in [0, 0.05) is 6.54 Å². The van der Waals surface area contributed by atoms with Crippen molar-refractivity contribution in [2.24, 2.45) is 5.73 Å². The Labute approximate surface area is 206 Å². The lowest BCUT2D eigenvalue weighted by Crippen LogP contribution is -2.40. The molecule has 182 valence electrons. The Hall–Kier alpha value is -4.91. The van der Waals surface area contributed by atoms with Gasteiger partial charge in [-0.25, -0.2) is 14.6 Å². The number of allylic oxidation sites excluding steroid dienone is 1. The minimum atomic E-state index is -0.968. The van der Waals surface area contributed by atoms with Crippen LogP contribution in [-0.4, -0.2) is 35.7 Å². The maximum absolute atomic E-state index is 13.1. The second-order valence-corrected chi connectivity index (χ2v) is 7.87. The normalized spacial score (nSPS) is 15.6. The summed E-state index contributed by atoms with van der Waals surface area (Å²) in [5, 5.41) is 10.5. The molecule has 0 aliphatic carbocycles. The fraction of sp³-hybridized carbons (Fsp3) is 0.192. The summed E-state index contributed by atoms with van der Waals surface area (Å²) >= 11 is 0. The summed E-state index contributed by atoms with van der Waals surface area (Å²) in [7, 11) is 2.36. The molecular formula is C26H23N5O5. The highest BCUT2D eigenvalue weighted by Crippen LogP contribution is 2.43. The van der Waals surface area contributed by atoms with Crippen LogP contribution in [0.25, 0.3) is 10.9 Å². The van der Waals surface area contributed by atoms with Gasteiger partial charge in [0.05, 0.1) is 60.3 Å². The zero-order chi connectivity index (χ0) is 26.0. The highest BCUT2D eigenvalue weighted by Gasteiger charge is 2.43. The summed E-state index contributed by atoms with van der Waals surface area (Å²) in [6.07, 6.45) is 1.42. The first-order chi connectivity index (χ1) is 17.4. The molecular weight excluding hydrogens is 462 g/mol. The average Bonchev–Trinajstić information content (AvgIpc) is 2.91. The van der Waals surface area contributed by atoms with Gasteiger partial charge in [-0.2, -0.15) is 5.26 Å². The summed E-state index contributed by atoms with van der Waals surface area (Å²) < 4.78 is 11.5. The van der Waals surface area contributed by atoms with Gasteiger partial charge in [0.2, 0.25) is 0 Å². The molecule has 3 aromatic rings. The van der Waals surface area contributed by atoms with Crippen molar-refractivity contribution < 1.29 is 19.1 Å². The van der Waals surface area contributed by atoms with Crippen LogP contribution in [0.15, 0.2) is 82.3 Å². The SMILES string of the molecule is CCn1cnc2cc(N3C(N)=C(C#N)C(c4ccccc4)C(C(=O)OC)=C3C(=O)OC)ccc2c1=O. The lowest BCUT2D eigenvalue weighted by molar-refractivity contribution is -0.139. The van der Waals surface area contributed by atoms with Gasteiger partial charge in [-0.1, -0.05) is 30.3 Å². The van der Waals surface area contributed by atoms with Crippen LogP contribution in [-0.2, 0) is 25.6 Å². The Kier molecular flexibility index (Phi) is 6.56. The number of anilines is 1. The van der Waals surface area contributed by atoms with Crippen LogP contribution in [0.5, 0.6) is 0 Å². The number of methoxy groups -OCH3 is 2. The number of nitrogens with two attached hydrogens (primary N) is 1. The average molecular weight is 486 g/mol. The molecule has 10 heteroatoms. The number of nitriles is 1. The Balaban J connectivity index is 2.05. The van der Waals surface area contributed by atoms with E-state index in [1.807, 2.05) is 6.92 Å². The smallest absolute Gasteiger partial charge is 0.355 e. The van der Waals surface area contributed by atoms with Gasteiger partial charge in [0.15, 0.2) is 0 Å². The van der Waals surface area contributed by atoms with Gasteiger partial charge in [-0.3, -0.25) is 14.3 Å². The molecule has 1 atom stereocenters. The van der Waals surface area contributed by atoms with Crippen molar-refractivity contribution in [2.45, 2.75) is 19.4 Å². The number of hydrogen-bond donors (Lipinski definition) is 1. The number of ether oxygens (including phenoxy) is 2. The van der Waals surface area contributed by atoms with E-state index in [4.69, 9.17) is 15.2 Å². The third-order valence-corrected chi connectivity index (χ3v) is 6.02. The summed E-state index contributed by atoms with van der Waals surface area (Å²) in [6, 6.07) is 15.5. The van der Waals surface area contributed by atoms with Crippen LogP contribution in [0.1, 0.15) is 18.4 Å². The molecule has 1 aliphatic rings. The van der Waals surface area contributed by atoms with E-state index in [9.17, 15) is 19.6 Å². The molecule has 2 aromatic carbocycles. The van der Waals surface area contributed by atoms with Crippen molar-refractivity contribution >= 4 is 28.5 Å². The molecule has 2 heterocycles. The van der Waals surface area contributed by atoms with Crippen LogP contribution in [0.4, 0.5) is 5.69 Å². The van der Waals surface area contributed by atoms with Gasteiger partial charge in [-0.05, 0) is 30.7 Å². The fourth-order valence-electron chi connectivity index (χ4n) is 4.29. The summed E-state index contributed by atoms with van der Waals surface area (Å²) in [5.74, 6) is -2.71. The standard InChI is InChI=1S/C26H23N5O5/c1-4-30-14-29-19-12-16(10-11-17(19)24(30)32)31-22(26(34)36-3)21(25(33)35-2)20(18(13-27)23(31)28)15-8-6-5-7-9-15/h5-12,14,20H,4,28H2,1-3H3. The molecule has 0 amide bonds. The summed E-state index contributed by atoms with van der Waals surface area (Å²) in [6.45, 7) is 2.28. The fourth-order valence-corrected chi connectivity index (χ4v) is 4.29. The maximum Gasteiger partial charge on any atom is 0.355 e. The Morgan fingerprint density at radius 1 is 1.11 bits per heavy atom. The van der Waals surface area contributed by atoms with Crippen molar-refractivity contribution in [3.05, 3.63) is 93.4 Å². The van der Waals surface area contributed by atoms with Crippen LogP contribution in [0.3, 0.4) is 0 Å². The molecule has 4 rings (SSSR count). The van der Waals surface area contributed by atoms with E-state index in [1.165, 1.54) is 30.0 Å². The van der Waals surface area contributed by atoms with Gasteiger partial charge in [-0.15, -0.1) is 0 Å². The lowest BCUT2D eigenvalue weighted by Gasteiger charge is -2.35. The minimum absolute atomic E-state index is 0.0451. The molecule has 36 heavy (non-hydrogen) atoms. The Bertz CT molecular complexity index is 1530. The van der Waals surface area contributed by atoms with Gasteiger partial charge in [0.1, 0.15) is 11.5 Å². The van der Waals surface area contributed by atoms with Gasteiger partial charge < -0.3 is 15.2 Å². The molecule has 10 nitrogen and oxygen atoms in total. The first-order valence-electron chi connectivity index (χ1n) is 11.0.